The van der Waals surface area contributed by atoms with Gasteiger partial charge in [-0.3, -0.25) is 9.69 Å². The summed E-state index contributed by atoms with van der Waals surface area (Å²) in [5.41, 5.74) is 3.29. The molecule has 0 saturated carbocycles. The molecule has 0 spiro atoms. The predicted octanol–water partition coefficient (Wildman–Crippen LogP) is 3.45. The van der Waals surface area contributed by atoms with E-state index in [1.807, 2.05) is 35.2 Å². The molecule has 0 bridgehead atoms. The zero-order valence-corrected chi connectivity index (χ0v) is 19.9. The molecule has 0 aromatic heterocycles. The minimum absolute atomic E-state index is 0.208. The zero-order chi connectivity index (χ0) is 25.2. The Morgan fingerprint density at radius 2 is 1.71 bits per heavy atom. The van der Waals surface area contributed by atoms with Crippen molar-refractivity contribution in [2.75, 3.05) is 32.8 Å². The van der Waals surface area contributed by atoms with E-state index in [4.69, 9.17) is 14.9 Å². The largest absolute Gasteiger partial charge is 0.492 e. The first-order chi connectivity index (χ1) is 16.8. The summed E-state index contributed by atoms with van der Waals surface area (Å²) in [5.74, 6) is -0.742. The Bertz CT molecular complexity index is 1040. The molecule has 2 aromatic rings. The lowest BCUT2D eigenvalue weighted by atomic mass is 9.96. The first-order valence-electron chi connectivity index (χ1n) is 11.7. The molecular weight excluding hydrogens is 448 g/mol. The number of hydrogen-bond acceptors (Lipinski definition) is 5. The van der Waals surface area contributed by atoms with Gasteiger partial charge in [0.2, 0.25) is 0 Å². The van der Waals surface area contributed by atoms with Gasteiger partial charge in [-0.25, -0.2) is 9.59 Å². The molecule has 2 N–H and O–H groups in total. The number of hydrogen-bond donors (Lipinski definition) is 2. The van der Waals surface area contributed by atoms with Gasteiger partial charge in [-0.05, 0) is 68.1 Å². The number of benzene rings is 2. The Morgan fingerprint density at radius 3 is 2.34 bits per heavy atom. The fourth-order valence-electron chi connectivity index (χ4n) is 4.31. The SMILES string of the molecule is Cc1cccc(OCCN2CCC(CN3Cc4ccccc4C3=O)CC2)c1.O=C(O)/C=C/C(=O)O. The third-order valence-corrected chi connectivity index (χ3v) is 6.12. The Morgan fingerprint density at radius 1 is 1.03 bits per heavy atom. The Labute approximate surface area is 205 Å². The maximum atomic E-state index is 12.5. The number of fused-ring (bicyclic) bond motifs is 1. The van der Waals surface area contributed by atoms with Crippen LogP contribution in [-0.4, -0.2) is 70.6 Å². The average molecular weight is 481 g/mol. The number of ether oxygens (including phenoxy) is 1. The van der Waals surface area contributed by atoms with Crippen LogP contribution in [0.25, 0.3) is 0 Å². The highest BCUT2D eigenvalue weighted by atomic mass is 16.5. The monoisotopic (exact) mass is 480 g/mol. The third kappa shape index (κ3) is 8.26. The van der Waals surface area contributed by atoms with Crippen molar-refractivity contribution in [3.05, 3.63) is 77.4 Å². The van der Waals surface area contributed by atoms with Crippen molar-refractivity contribution in [2.45, 2.75) is 26.3 Å². The number of aryl methyl sites for hydroxylation is 1. The van der Waals surface area contributed by atoms with Crippen LogP contribution in [0.3, 0.4) is 0 Å². The van der Waals surface area contributed by atoms with Crippen LogP contribution in [0.2, 0.25) is 0 Å². The first-order valence-corrected chi connectivity index (χ1v) is 11.7. The zero-order valence-electron chi connectivity index (χ0n) is 19.9. The van der Waals surface area contributed by atoms with Crippen molar-refractivity contribution < 1.29 is 29.3 Å². The van der Waals surface area contributed by atoms with Crippen LogP contribution < -0.4 is 4.74 Å². The highest BCUT2D eigenvalue weighted by Crippen LogP contribution is 2.26. The van der Waals surface area contributed by atoms with Crippen molar-refractivity contribution in [3.8, 4) is 5.75 Å². The summed E-state index contributed by atoms with van der Waals surface area (Å²) < 4.78 is 5.88. The summed E-state index contributed by atoms with van der Waals surface area (Å²) in [7, 11) is 0. The fourth-order valence-corrected chi connectivity index (χ4v) is 4.31. The smallest absolute Gasteiger partial charge is 0.328 e. The van der Waals surface area contributed by atoms with E-state index in [2.05, 4.69) is 30.0 Å². The van der Waals surface area contributed by atoms with E-state index < -0.39 is 11.9 Å². The number of rotatable bonds is 8. The highest BCUT2D eigenvalue weighted by Gasteiger charge is 2.30. The lowest BCUT2D eigenvalue weighted by molar-refractivity contribution is -0.134. The van der Waals surface area contributed by atoms with Gasteiger partial charge in [-0.2, -0.15) is 0 Å². The summed E-state index contributed by atoms with van der Waals surface area (Å²) in [5, 5.41) is 15.6. The van der Waals surface area contributed by atoms with Gasteiger partial charge in [0.05, 0.1) is 0 Å². The minimum atomic E-state index is -1.26. The molecule has 1 fully saturated rings. The second-order valence-corrected chi connectivity index (χ2v) is 8.80. The molecule has 2 aromatic carbocycles. The van der Waals surface area contributed by atoms with Gasteiger partial charge in [-0.15, -0.1) is 0 Å². The van der Waals surface area contributed by atoms with Crippen LogP contribution in [0.4, 0.5) is 0 Å². The number of amides is 1. The first kappa shape index (κ1) is 26.0. The summed E-state index contributed by atoms with van der Waals surface area (Å²) in [6.45, 7) is 7.64. The van der Waals surface area contributed by atoms with Crippen LogP contribution in [0.5, 0.6) is 5.75 Å². The quantitative estimate of drug-likeness (QED) is 0.557. The van der Waals surface area contributed by atoms with E-state index in [-0.39, 0.29) is 5.91 Å². The van der Waals surface area contributed by atoms with Gasteiger partial charge in [0.1, 0.15) is 12.4 Å². The van der Waals surface area contributed by atoms with Crippen molar-refractivity contribution in [2.24, 2.45) is 5.92 Å². The standard InChI is InChI=1S/C23H28N2O2.C4H4O4/c1-18-5-4-7-21(15-18)27-14-13-24-11-9-19(10-12-24)16-25-17-20-6-2-3-8-22(20)23(25)26;5-3(6)1-2-4(7)8/h2-8,15,19H,9-14,16-17H2,1H3;1-2H,(H,5,6)(H,7,8)/b;2-1+. The molecule has 4 rings (SSSR count). The number of aliphatic carboxylic acids is 2. The maximum Gasteiger partial charge on any atom is 0.328 e. The van der Waals surface area contributed by atoms with Gasteiger partial charge in [0.15, 0.2) is 0 Å². The molecule has 2 aliphatic rings. The van der Waals surface area contributed by atoms with Gasteiger partial charge >= 0.3 is 11.9 Å². The van der Waals surface area contributed by atoms with Gasteiger partial charge in [-0.1, -0.05) is 30.3 Å². The normalized spacial score (nSPS) is 16.0. The Kier molecular flexibility index (Phi) is 9.43. The number of carbonyl (C=O) groups is 3. The summed E-state index contributed by atoms with van der Waals surface area (Å²) in [6.07, 6.45) is 3.43. The number of piperidine rings is 1. The molecule has 8 nitrogen and oxygen atoms in total. The second-order valence-electron chi connectivity index (χ2n) is 8.80. The second kappa shape index (κ2) is 12.7. The van der Waals surface area contributed by atoms with Crippen molar-refractivity contribution in [3.63, 3.8) is 0 Å². The van der Waals surface area contributed by atoms with Gasteiger partial charge in [0.25, 0.3) is 5.91 Å². The van der Waals surface area contributed by atoms with Gasteiger partial charge < -0.3 is 19.8 Å². The number of carboxylic acid groups (broad SMARTS) is 2. The molecule has 0 atom stereocenters. The van der Waals surface area contributed by atoms with E-state index in [0.29, 0.717) is 18.1 Å². The van der Waals surface area contributed by atoms with E-state index in [1.54, 1.807) is 0 Å². The maximum absolute atomic E-state index is 12.5. The average Bonchev–Trinajstić information content (AvgIpc) is 3.15. The molecule has 0 unspecified atom stereocenters. The van der Waals surface area contributed by atoms with E-state index in [9.17, 15) is 14.4 Å². The van der Waals surface area contributed by atoms with E-state index in [1.165, 1.54) is 11.1 Å². The summed E-state index contributed by atoms with van der Waals surface area (Å²) in [6, 6.07) is 16.2. The third-order valence-electron chi connectivity index (χ3n) is 6.12. The van der Waals surface area contributed by atoms with Crippen molar-refractivity contribution in [1.82, 2.24) is 9.80 Å². The van der Waals surface area contributed by atoms with E-state index in [0.717, 1.165) is 63.5 Å². The molecule has 2 heterocycles. The number of likely N-dealkylation sites (tertiary alicyclic amines) is 1. The van der Waals surface area contributed by atoms with Crippen LogP contribution in [0, 0.1) is 12.8 Å². The molecule has 8 heteroatoms. The molecule has 1 saturated heterocycles. The fraction of sp³-hybridized carbons (Fsp3) is 0.370. The summed E-state index contributed by atoms with van der Waals surface area (Å²) >= 11 is 0. The molecule has 1 amide bonds. The minimum Gasteiger partial charge on any atom is -0.492 e. The number of carboxylic acids is 2. The lowest BCUT2D eigenvalue weighted by Gasteiger charge is -2.33. The molecule has 0 radical (unpaired) electrons. The van der Waals surface area contributed by atoms with Crippen LogP contribution in [-0.2, 0) is 16.1 Å². The topological polar surface area (TPSA) is 107 Å². The van der Waals surface area contributed by atoms with Crippen molar-refractivity contribution >= 4 is 17.8 Å². The Balaban J connectivity index is 0.000000371. The molecule has 35 heavy (non-hydrogen) atoms. The number of carbonyl (C=O) groups excluding carboxylic acids is 1. The molecular formula is C27H32N2O6. The molecule has 0 aliphatic carbocycles. The number of nitrogens with zero attached hydrogens (tertiary/aromatic N) is 2. The van der Waals surface area contributed by atoms with Gasteiger partial charge in [0, 0.05) is 37.3 Å². The summed E-state index contributed by atoms with van der Waals surface area (Å²) in [4.78, 5) is 36.2. The van der Waals surface area contributed by atoms with Crippen molar-refractivity contribution in [1.29, 1.82) is 0 Å². The molecule has 186 valence electrons. The van der Waals surface area contributed by atoms with E-state index >= 15 is 0 Å². The lowest BCUT2D eigenvalue weighted by Crippen LogP contribution is -2.40. The van der Waals surface area contributed by atoms with Crippen LogP contribution >= 0.6 is 0 Å². The highest BCUT2D eigenvalue weighted by molar-refractivity contribution is 5.98. The Hall–Kier alpha value is -3.65. The van der Waals surface area contributed by atoms with Crippen LogP contribution in [0.15, 0.2) is 60.7 Å². The molecule has 2 aliphatic heterocycles. The predicted molar refractivity (Wildman–Crippen MR) is 131 cm³/mol. The van der Waals surface area contributed by atoms with Crippen LogP contribution in [0.1, 0.15) is 34.3 Å².